The fraction of sp³-hybridized carbons (Fsp3) is 0.250. The molecule has 0 aliphatic carbocycles. The number of rotatable bonds is 4. The summed E-state index contributed by atoms with van der Waals surface area (Å²) in [6, 6.07) is 10.9. The largest absolute Gasteiger partial charge is 0.320 e. The predicted octanol–water partition coefficient (Wildman–Crippen LogP) is 3.39. The first-order valence-electron chi connectivity index (χ1n) is 6.66. The van der Waals surface area contributed by atoms with E-state index >= 15 is 0 Å². The van der Waals surface area contributed by atoms with Crippen LogP contribution in [0.15, 0.2) is 48.8 Å². The van der Waals surface area contributed by atoms with Gasteiger partial charge in [-0.1, -0.05) is 24.6 Å². The first-order valence-corrected chi connectivity index (χ1v) is 7.04. The van der Waals surface area contributed by atoms with E-state index in [0.29, 0.717) is 10.7 Å². The molecular formula is C16H18ClN2O+. The first-order chi connectivity index (χ1) is 9.60. The van der Waals surface area contributed by atoms with Gasteiger partial charge in [0.2, 0.25) is 6.04 Å². The van der Waals surface area contributed by atoms with Gasteiger partial charge in [-0.05, 0) is 30.2 Å². The summed E-state index contributed by atoms with van der Waals surface area (Å²) in [5.41, 5.74) is 1.96. The van der Waals surface area contributed by atoms with E-state index < -0.39 is 0 Å². The maximum atomic E-state index is 12.2. The smallest absolute Gasteiger partial charge is 0.293 e. The third-order valence-corrected chi connectivity index (χ3v) is 3.48. The molecule has 0 fully saturated rings. The maximum absolute atomic E-state index is 12.2. The van der Waals surface area contributed by atoms with Crippen LogP contribution in [0, 0.1) is 0 Å². The van der Waals surface area contributed by atoms with Crippen LogP contribution in [0.3, 0.4) is 0 Å². The SMILES string of the molecule is CCc1cc[n+]([C@@H](C)C(=O)Nc2cccc(Cl)c2)cc1. The Hall–Kier alpha value is -1.87. The fourth-order valence-electron chi connectivity index (χ4n) is 1.91. The molecule has 1 amide bonds. The monoisotopic (exact) mass is 289 g/mol. The van der Waals surface area contributed by atoms with Gasteiger partial charge >= 0.3 is 0 Å². The highest BCUT2D eigenvalue weighted by atomic mass is 35.5. The zero-order chi connectivity index (χ0) is 14.5. The quantitative estimate of drug-likeness (QED) is 0.860. The second-order valence-corrected chi connectivity index (χ2v) is 5.12. The molecule has 0 saturated heterocycles. The first kappa shape index (κ1) is 14.5. The van der Waals surface area contributed by atoms with Crippen molar-refractivity contribution in [3.8, 4) is 0 Å². The van der Waals surface area contributed by atoms with E-state index in [0.717, 1.165) is 6.42 Å². The lowest BCUT2D eigenvalue weighted by molar-refractivity contribution is -0.705. The Morgan fingerprint density at radius 3 is 2.60 bits per heavy atom. The van der Waals surface area contributed by atoms with Gasteiger partial charge in [0.25, 0.3) is 5.91 Å². The van der Waals surface area contributed by atoms with Crippen molar-refractivity contribution in [2.45, 2.75) is 26.3 Å². The molecule has 4 heteroatoms. The van der Waals surface area contributed by atoms with Crippen molar-refractivity contribution in [3.05, 3.63) is 59.4 Å². The van der Waals surface area contributed by atoms with Gasteiger partial charge in [0, 0.05) is 29.8 Å². The third kappa shape index (κ3) is 3.58. The van der Waals surface area contributed by atoms with Crippen molar-refractivity contribution in [2.75, 3.05) is 5.32 Å². The molecule has 0 bridgehead atoms. The Labute approximate surface area is 124 Å². The van der Waals surface area contributed by atoms with Crippen LogP contribution < -0.4 is 9.88 Å². The molecule has 1 atom stereocenters. The van der Waals surface area contributed by atoms with Gasteiger partial charge in [0.15, 0.2) is 12.4 Å². The Kier molecular flexibility index (Phi) is 4.74. The molecule has 1 heterocycles. The number of aromatic nitrogens is 1. The predicted molar refractivity (Wildman–Crippen MR) is 80.8 cm³/mol. The normalized spacial score (nSPS) is 11.9. The Balaban J connectivity index is 2.07. The van der Waals surface area contributed by atoms with Crippen LogP contribution in [-0.2, 0) is 11.2 Å². The maximum Gasteiger partial charge on any atom is 0.293 e. The summed E-state index contributed by atoms with van der Waals surface area (Å²) in [5.74, 6) is -0.0680. The van der Waals surface area contributed by atoms with Crippen LogP contribution in [0.4, 0.5) is 5.69 Å². The van der Waals surface area contributed by atoms with Crippen molar-refractivity contribution >= 4 is 23.2 Å². The third-order valence-electron chi connectivity index (χ3n) is 3.25. The molecule has 0 saturated carbocycles. The number of amides is 1. The van der Waals surface area contributed by atoms with Gasteiger partial charge in [-0.2, -0.15) is 4.57 Å². The van der Waals surface area contributed by atoms with Crippen LogP contribution in [0.2, 0.25) is 5.02 Å². The highest BCUT2D eigenvalue weighted by Crippen LogP contribution is 2.15. The van der Waals surface area contributed by atoms with E-state index in [2.05, 4.69) is 12.2 Å². The van der Waals surface area contributed by atoms with Crippen LogP contribution in [0.5, 0.6) is 0 Å². The van der Waals surface area contributed by atoms with E-state index in [4.69, 9.17) is 11.6 Å². The van der Waals surface area contributed by atoms with Crippen molar-refractivity contribution < 1.29 is 9.36 Å². The molecule has 0 aliphatic rings. The van der Waals surface area contributed by atoms with Crippen LogP contribution in [0.25, 0.3) is 0 Å². The number of benzene rings is 1. The minimum absolute atomic E-state index is 0.0680. The molecule has 2 rings (SSSR count). The number of aryl methyl sites for hydroxylation is 1. The molecule has 0 unspecified atom stereocenters. The van der Waals surface area contributed by atoms with Gasteiger partial charge < -0.3 is 5.32 Å². The van der Waals surface area contributed by atoms with E-state index in [1.54, 1.807) is 12.1 Å². The number of hydrogen-bond acceptors (Lipinski definition) is 1. The number of carbonyl (C=O) groups is 1. The highest BCUT2D eigenvalue weighted by molar-refractivity contribution is 6.30. The molecule has 1 aromatic carbocycles. The number of pyridine rings is 1. The minimum atomic E-state index is -0.278. The highest BCUT2D eigenvalue weighted by Gasteiger charge is 2.21. The van der Waals surface area contributed by atoms with E-state index in [1.165, 1.54) is 5.56 Å². The molecule has 0 spiro atoms. The molecule has 3 nitrogen and oxygen atoms in total. The summed E-state index contributed by atoms with van der Waals surface area (Å²) < 4.78 is 1.89. The molecule has 0 radical (unpaired) electrons. The molecule has 0 aliphatic heterocycles. The lowest BCUT2D eigenvalue weighted by atomic mass is 10.2. The molecule has 104 valence electrons. The summed E-state index contributed by atoms with van der Waals surface area (Å²) in [5, 5.41) is 3.47. The second kappa shape index (κ2) is 6.53. The number of nitrogens with one attached hydrogen (secondary N) is 1. The van der Waals surface area contributed by atoms with Crippen LogP contribution in [-0.4, -0.2) is 5.91 Å². The molecule has 20 heavy (non-hydrogen) atoms. The van der Waals surface area contributed by atoms with E-state index in [1.807, 2.05) is 48.1 Å². The number of anilines is 1. The van der Waals surface area contributed by atoms with Gasteiger partial charge in [0.1, 0.15) is 0 Å². The zero-order valence-corrected chi connectivity index (χ0v) is 12.4. The lowest BCUT2D eigenvalue weighted by Crippen LogP contribution is -2.44. The second-order valence-electron chi connectivity index (χ2n) is 4.68. The fourth-order valence-corrected chi connectivity index (χ4v) is 2.10. The molecular weight excluding hydrogens is 272 g/mol. The van der Waals surface area contributed by atoms with E-state index in [-0.39, 0.29) is 11.9 Å². The van der Waals surface area contributed by atoms with Crippen molar-refractivity contribution in [1.29, 1.82) is 0 Å². The average Bonchev–Trinajstić information content (AvgIpc) is 2.46. The minimum Gasteiger partial charge on any atom is -0.320 e. The van der Waals surface area contributed by atoms with E-state index in [9.17, 15) is 4.79 Å². The summed E-state index contributed by atoms with van der Waals surface area (Å²) in [6.45, 7) is 3.97. The topological polar surface area (TPSA) is 33.0 Å². The molecule has 2 aromatic rings. The summed E-state index contributed by atoms with van der Waals surface area (Å²) in [6.07, 6.45) is 4.85. The zero-order valence-electron chi connectivity index (χ0n) is 11.6. The Bertz CT molecular complexity index is 596. The average molecular weight is 290 g/mol. The summed E-state index contributed by atoms with van der Waals surface area (Å²) in [7, 11) is 0. The Morgan fingerprint density at radius 2 is 2.00 bits per heavy atom. The standard InChI is InChI=1S/C16H17ClN2O/c1-3-13-7-9-19(10-8-13)12(2)16(20)18-15-6-4-5-14(17)11-15/h4-12H,3H2,1-2H3/p+1/t12-/m0/s1. The number of hydrogen-bond donors (Lipinski definition) is 1. The summed E-state index contributed by atoms with van der Waals surface area (Å²) >= 11 is 5.90. The van der Waals surface area contributed by atoms with Crippen molar-refractivity contribution in [2.24, 2.45) is 0 Å². The number of nitrogens with zero attached hydrogens (tertiary/aromatic N) is 1. The lowest BCUT2D eigenvalue weighted by Gasteiger charge is -2.09. The van der Waals surface area contributed by atoms with Crippen molar-refractivity contribution in [3.63, 3.8) is 0 Å². The molecule has 1 N–H and O–H groups in total. The van der Waals surface area contributed by atoms with Crippen LogP contribution >= 0.6 is 11.6 Å². The van der Waals surface area contributed by atoms with Crippen molar-refractivity contribution in [1.82, 2.24) is 0 Å². The Morgan fingerprint density at radius 1 is 1.30 bits per heavy atom. The van der Waals surface area contributed by atoms with Crippen LogP contribution in [0.1, 0.15) is 25.5 Å². The number of carbonyl (C=O) groups excluding carboxylic acids is 1. The van der Waals surface area contributed by atoms with Gasteiger partial charge in [-0.15, -0.1) is 0 Å². The van der Waals surface area contributed by atoms with Gasteiger partial charge in [-0.25, -0.2) is 0 Å². The number of halogens is 1. The summed E-state index contributed by atoms with van der Waals surface area (Å²) in [4.78, 5) is 12.2. The van der Waals surface area contributed by atoms with Gasteiger partial charge in [0.05, 0.1) is 0 Å². The molecule has 1 aromatic heterocycles. The van der Waals surface area contributed by atoms with Gasteiger partial charge in [-0.3, -0.25) is 4.79 Å².